The van der Waals surface area contributed by atoms with Gasteiger partial charge in [-0.1, -0.05) is 41.9 Å². The van der Waals surface area contributed by atoms with Gasteiger partial charge in [0.15, 0.2) is 11.4 Å². The van der Waals surface area contributed by atoms with Crippen molar-refractivity contribution in [1.29, 1.82) is 0 Å². The Labute approximate surface area is 236 Å². The number of aryl methyl sites for hydroxylation is 1. The molecular weight excluding hydrogens is 554 g/mol. The van der Waals surface area contributed by atoms with Gasteiger partial charge in [0.05, 0.1) is 28.2 Å². The summed E-state index contributed by atoms with van der Waals surface area (Å²) in [4.78, 5) is 33.4. The molecule has 5 rings (SSSR count). The number of nitrogens with zero attached hydrogens (tertiary/aromatic N) is 4. The largest absolute Gasteiger partial charge is 0.357 e. The average molecular weight is 582 g/mol. The maximum atomic E-state index is 14.2. The first-order valence-corrected chi connectivity index (χ1v) is 14.7. The van der Waals surface area contributed by atoms with Crippen molar-refractivity contribution in [3.63, 3.8) is 0 Å². The number of piperazine rings is 1. The van der Waals surface area contributed by atoms with Crippen molar-refractivity contribution in [3.05, 3.63) is 82.6 Å². The topological polar surface area (TPSA) is 138 Å². The summed E-state index contributed by atoms with van der Waals surface area (Å²) in [5.74, 6) is -1.05. The van der Waals surface area contributed by atoms with Crippen molar-refractivity contribution < 1.29 is 18.0 Å². The number of sulfonamides is 1. The van der Waals surface area contributed by atoms with Gasteiger partial charge in [-0.05, 0) is 37.6 Å². The first-order valence-electron chi connectivity index (χ1n) is 12.7. The predicted octanol–water partition coefficient (Wildman–Crippen LogP) is 3.18. The lowest BCUT2D eigenvalue weighted by molar-refractivity contribution is 0.0949. The predicted molar refractivity (Wildman–Crippen MR) is 154 cm³/mol. The van der Waals surface area contributed by atoms with Crippen molar-refractivity contribution in [2.24, 2.45) is 0 Å². The van der Waals surface area contributed by atoms with Gasteiger partial charge in [-0.15, -0.1) is 0 Å². The molecule has 4 aromatic rings. The first kappa shape index (κ1) is 27.6. The molecule has 208 valence electrons. The summed E-state index contributed by atoms with van der Waals surface area (Å²) in [6, 6.07) is 14.3. The summed E-state index contributed by atoms with van der Waals surface area (Å²) in [5, 5.41) is 11.5. The van der Waals surface area contributed by atoms with Crippen molar-refractivity contribution >= 4 is 56.2 Å². The second kappa shape index (κ2) is 11.2. The molecule has 1 aliphatic heterocycles. The number of hydrogen-bond acceptors (Lipinski definition) is 9. The molecule has 1 aliphatic rings. The van der Waals surface area contributed by atoms with Crippen LogP contribution in [-0.2, 0) is 10.0 Å². The monoisotopic (exact) mass is 581 g/mol. The number of carbonyl (C=O) groups excluding carboxylic acids is 2. The number of hydrogen-bond donors (Lipinski definition) is 3. The Morgan fingerprint density at radius 1 is 1.10 bits per heavy atom. The van der Waals surface area contributed by atoms with E-state index in [1.54, 1.807) is 6.07 Å². The molecule has 3 heterocycles. The summed E-state index contributed by atoms with van der Waals surface area (Å²) in [7, 11) is -3.81. The highest BCUT2D eigenvalue weighted by molar-refractivity contribution is 7.90. The Bertz CT molecular complexity index is 1710. The molecular formula is C27H28ClN7O4S. The fourth-order valence-corrected chi connectivity index (χ4v) is 5.37. The van der Waals surface area contributed by atoms with E-state index < -0.39 is 22.0 Å². The van der Waals surface area contributed by atoms with E-state index in [1.165, 1.54) is 23.8 Å². The third-order valence-electron chi connectivity index (χ3n) is 6.77. The van der Waals surface area contributed by atoms with Crippen LogP contribution in [0.2, 0.25) is 5.02 Å². The Morgan fingerprint density at radius 3 is 2.60 bits per heavy atom. The molecule has 0 aliphatic carbocycles. The SMILES string of the molecule is CCS(=O)(=O)NC(=O)c1cnn2c(Nc3ccccc3C)c(C(=O)C3CNCCN3c3ccccc3Cl)cnc12. The van der Waals surface area contributed by atoms with Crippen LogP contribution in [0.4, 0.5) is 17.2 Å². The summed E-state index contributed by atoms with van der Waals surface area (Å²) < 4.78 is 27.4. The van der Waals surface area contributed by atoms with Crippen LogP contribution in [-0.4, -0.2) is 66.1 Å². The lowest BCUT2D eigenvalue weighted by Gasteiger charge is -2.37. The number of amides is 1. The van der Waals surface area contributed by atoms with E-state index in [9.17, 15) is 18.0 Å². The van der Waals surface area contributed by atoms with Gasteiger partial charge in [-0.25, -0.2) is 18.1 Å². The molecule has 2 aromatic carbocycles. The van der Waals surface area contributed by atoms with E-state index >= 15 is 0 Å². The van der Waals surface area contributed by atoms with Crippen LogP contribution in [0.5, 0.6) is 0 Å². The van der Waals surface area contributed by atoms with Gasteiger partial charge < -0.3 is 15.5 Å². The fourth-order valence-electron chi connectivity index (χ4n) is 4.59. The molecule has 1 amide bonds. The van der Waals surface area contributed by atoms with Crippen LogP contribution in [0.25, 0.3) is 5.65 Å². The number of anilines is 3. The van der Waals surface area contributed by atoms with Crippen LogP contribution >= 0.6 is 11.6 Å². The molecule has 0 saturated carbocycles. The van der Waals surface area contributed by atoms with E-state index in [1.807, 2.05) is 59.0 Å². The van der Waals surface area contributed by atoms with Gasteiger partial charge >= 0.3 is 0 Å². The van der Waals surface area contributed by atoms with Crippen LogP contribution in [0.15, 0.2) is 60.9 Å². The Kier molecular flexibility index (Phi) is 7.74. The number of aromatic nitrogens is 3. The highest BCUT2D eigenvalue weighted by Gasteiger charge is 2.33. The number of benzene rings is 2. The van der Waals surface area contributed by atoms with Crippen LogP contribution in [0.1, 0.15) is 33.2 Å². The molecule has 3 N–H and O–H groups in total. The maximum Gasteiger partial charge on any atom is 0.270 e. The Balaban J connectivity index is 1.62. The average Bonchev–Trinajstić information content (AvgIpc) is 3.39. The standard InChI is InChI=1S/C27H28ClN7O4S/c1-3-40(38,39)33-27(37)19-15-31-35-25(19)30-14-18(26(35)32-21-10-6-4-8-17(21)2)24(36)23-16-29-12-13-34(23)22-11-7-5-9-20(22)28/h4-11,14-15,23,29,32H,3,12-13,16H2,1-2H3,(H,33,37). The number of nitrogens with one attached hydrogen (secondary N) is 3. The summed E-state index contributed by atoms with van der Waals surface area (Å²) in [6.45, 7) is 4.98. The summed E-state index contributed by atoms with van der Waals surface area (Å²) >= 11 is 6.50. The summed E-state index contributed by atoms with van der Waals surface area (Å²) in [6.07, 6.45) is 2.63. The van der Waals surface area contributed by atoms with Crippen LogP contribution < -0.4 is 20.3 Å². The number of carbonyl (C=O) groups is 2. The van der Waals surface area contributed by atoms with Gasteiger partial charge in [0.2, 0.25) is 10.0 Å². The van der Waals surface area contributed by atoms with Crippen molar-refractivity contribution in [1.82, 2.24) is 24.6 Å². The maximum absolute atomic E-state index is 14.2. The zero-order valence-corrected chi connectivity index (χ0v) is 23.5. The number of rotatable bonds is 8. The smallest absolute Gasteiger partial charge is 0.270 e. The highest BCUT2D eigenvalue weighted by atomic mass is 35.5. The Hall–Kier alpha value is -4.00. The van der Waals surface area contributed by atoms with E-state index in [0.717, 1.165) is 16.9 Å². The van der Waals surface area contributed by atoms with E-state index in [0.29, 0.717) is 30.5 Å². The lowest BCUT2D eigenvalue weighted by Crippen LogP contribution is -2.55. The van der Waals surface area contributed by atoms with Gasteiger partial charge in [0.1, 0.15) is 17.4 Å². The fraction of sp³-hybridized carbons (Fsp3) is 0.259. The molecule has 1 unspecified atom stereocenters. The number of halogens is 1. The lowest BCUT2D eigenvalue weighted by atomic mass is 10.0. The van der Waals surface area contributed by atoms with Gasteiger partial charge in [-0.2, -0.15) is 9.61 Å². The quantitative estimate of drug-likeness (QED) is 0.268. The van der Waals surface area contributed by atoms with E-state index in [2.05, 4.69) is 20.7 Å². The normalized spacial score (nSPS) is 15.7. The molecule has 2 aromatic heterocycles. The van der Waals surface area contributed by atoms with Crippen molar-refractivity contribution in [3.8, 4) is 0 Å². The molecule has 11 nitrogen and oxygen atoms in total. The first-order chi connectivity index (χ1) is 19.2. The van der Waals surface area contributed by atoms with Crippen LogP contribution in [0.3, 0.4) is 0 Å². The molecule has 0 radical (unpaired) electrons. The Morgan fingerprint density at radius 2 is 1.85 bits per heavy atom. The third kappa shape index (κ3) is 5.37. The third-order valence-corrected chi connectivity index (χ3v) is 8.35. The number of para-hydroxylation sites is 2. The van der Waals surface area contributed by atoms with Gasteiger partial charge in [0, 0.05) is 31.5 Å². The van der Waals surface area contributed by atoms with E-state index in [-0.39, 0.29) is 28.3 Å². The van der Waals surface area contributed by atoms with Crippen molar-refractivity contribution in [2.45, 2.75) is 19.9 Å². The second-order valence-electron chi connectivity index (χ2n) is 9.32. The second-order valence-corrected chi connectivity index (χ2v) is 11.7. The molecule has 1 atom stereocenters. The van der Waals surface area contributed by atoms with Crippen molar-refractivity contribution in [2.75, 3.05) is 35.6 Å². The molecule has 0 bridgehead atoms. The minimum absolute atomic E-state index is 0.0408. The molecule has 40 heavy (non-hydrogen) atoms. The van der Waals surface area contributed by atoms with Crippen LogP contribution in [0, 0.1) is 6.92 Å². The number of fused-ring (bicyclic) bond motifs is 1. The zero-order valence-electron chi connectivity index (χ0n) is 21.9. The summed E-state index contributed by atoms with van der Waals surface area (Å²) in [5.41, 5.74) is 2.70. The zero-order chi connectivity index (χ0) is 28.4. The molecule has 1 fully saturated rings. The van der Waals surface area contributed by atoms with E-state index in [4.69, 9.17) is 11.6 Å². The van der Waals surface area contributed by atoms with Gasteiger partial charge in [-0.3, -0.25) is 9.59 Å². The number of Topliss-reactive ketones (excluding diaryl/α,β-unsaturated/α-hetero) is 1. The molecule has 13 heteroatoms. The van der Waals surface area contributed by atoms with Gasteiger partial charge in [0.25, 0.3) is 5.91 Å². The highest BCUT2D eigenvalue weighted by Crippen LogP contribution is 2.31. The minimum Gasteiger partial charge on any atom is -0.357 e. The molecule has 0 spiro atoms. The number of ketones is 1. The molecule has 1 saturated heterocycles. The minimum atomic E-state index is -3.81.